The SMILES string of the molecule is O=C(CN1C(=S)NC(c2ccccn2)C1c1cccn1-c1ccncc1)Nc1ccccc1. The molecular formula is C25H22N6OS. The fraction of sp³-hybridized carbons (Fsp3) is 0.120. The Balaban J connectivity index is 1.51. The maximum Gasteiger partial charge on any atom is 0.244 e. The molecule has 2 N–H and O–H groups in total. The van der Waals surface area contributed by atoms with Crippen LogP contribution in [0.1, 0.15) is 23.5 Å². The van der Waals surface area contributed by atoms with Gasteiger partial charge in [0.1, 0.15) is 6.54 Å². The molecule has 0 aliphatic carbocycles. The van der Waals surface area contributed by atoms with Crippen molar-refractivity contribution in [2.75, 3.05) is 11.9 Å². The highest BCUT2D eigenvalue weighted by atomic mass is 32.1. The number of rotatable bonds is 6. The second-order valence-electron chi connectivity index (χ2n) is 7.68. The maximum atomic E-state index is 13.0. The number of nitrogens with one attached hydrogen (secondary N) is 2. The van der Waals surface area contributed by atoms with Gasteiger partial charge in [0.05, 0.1) is 17.8 Å². The van der Waals surface area contributed by atoms with E-state index in [4.69, 9.17) is 12.2 Å². The molecule has 0 bridgehead atoms. The Kier molecular flexibility index (Phi) is 5.82. The van der Waals surface area contributed by atoms with Crippen molar-refractivity contribution < 1.29 is 4.79 Å². The molecule has 7 nitrogen and oxygen atoms in total. The molecule has 3 aromatic heterocycles. The molecule has 1 fully saturated rings. The van der Waals surface area contributed by atoms with Gasteiger partial charge in [0, 0.05) is 41.9 Å². The third kappa shape index (κ3) is 4.33. The summed E-state index contributed by atoms with van der Waals surface area (Å²) in [5.74, 6) is -0.140. The minimum Gasteiger partial charge on any atom is -0.352 e. The number of thiocarbonyl (C=S) groups is 1. The third-order valence-electron chi connectivity index (χ3n) is 5.59. The summed E-state index contributed by atoms with van der Waals surface area (Å²) in [6.07, 6.45) is 7.30. The minimum absolute atomic E-state index is 0.107. The molecule has 164 valence electrons. The van der Waals surface area contributed by atoms with Gasteiger partial charge in [-0.1, -0.05) is 24.3 Å². The molecule has 1 saturated heterocycles. The highest BCUT2D eigenvalue weighted by Crippen LogP contribution is 2.39. The fourth-order valence-electron chi connectivity index (χ4n) is 4.15. The van der Waals surface area contributed by atoms with Crippen LogP contribution in [0.5, 0.6) is 0 Å². The van der Waals surface area contributed by atoms with E-state index < -0.39 is 0 Å². The van der Waals surface area contributed by atoms with Crippen LogP contribution in [0.2, 0.25) is 0 Å². The van der Waals surface area contributed by atoms with Crippen molar-refractivity contribution in [1.82, 2.24) is 24.8 Å². The van der Waals surface area contributed by atoms with Gasteiger partial charge < -0.3 is 20.1 Å². The van der Waals surface area contributed by atoms with Gasteiger partial charge in [-0.15, -0.1) is 0 Å². The summed E-state index contributed by atoms with van der Waals surface area (Å²) in [7, 11) is 0. The molecule has 0 radical (unpaired) electrons. The summed E-state index contributed by atoms with van der Waals surface area (Å²) in [5.41, 5.74) is 3.59. The Bertz CT molecular complexity index is 1250. The molecule has 1 aliphatic rings. The van der Waals surface area contributed by atoms with E-state index in [2.05, 4.69) is 31.2 Å². The molecule has 1 amide bonds. The van der Waals surface area contributed by atoms with Gasteiger partial charge in [0.2, 0.25) is 5.91 Å². The van der Waals surface area contributed by atoms with Crippen LogP contribution in [0.15, 0.2) is 97.6 Å². The first kappa shape index (κ1) is 20.8. The molecular weight excluding hydrogens is 432 g/mol. The molecule has 1 aromatic carbocycles. The summed E-state index contributed by atoms with van der Waals surface area (Å²) in [5, 5.41) is 6.87. The van der Waals surface area contributed by atoms with Crippen LogP contribution in [-0.2, 0) is 4.79 Å². The van der Waals surface area contributed by atoms with Crippen molar-refractivity contribution in [2.45, 2.75) is 12.1 Å². The lowest BCUT2D eigenvalue weighted by Crippen LogP contribution is -2.37. The summed E-state index contributed by atoms with van der Waals surface area (Å²) in [4.78, 5) is 23.6. The predicted octanol–water partition coefficient (Wildman–Crippen LogP) is 3.88. The second-order valence-corrected chi connectivity index (χ2v) is 8.06. The fourth-order valence-corrected chi connectivity index (χ4v) is 4.45. The number of nitrogens with zero attached hydrogens (tertiary/aromatic N) is 4. The van der Waals surface area contributed by atoms with Crippen molar-refractivity contribution in [3.8, 4) is 5.69 Å². The van der Waals surface area contributed by atoms with E-state index >= 15 is 0 Å². The molecule has 0 saturated carbocycles. The van der Waals surface area contributed by atoms with Gasteiger partial charge in [0.15, 0.2) is 5.11 Å². The lowest BCUT2D eigenvalue weighted by Gasteiger charge is -2.28. The quantitative estimate of drug-likeness (QED) is 0.431. The summed E-state index contributed by atoms with van der Waals surface area (Å²) in [6, 6.07) is 22.7. The lowest BCUT2D eigenvalue weighted by molar-refractivity contribution is -0.116. The van der Waals surface area contributed by atoms with E-state index in [-0.39, 0.29) is 24.5 Å². The first-order valence-corrected chi connectivity index (χ1v) is 11.0. The largest absolute Gasteiger partial charge is 0.352 e. The molecule has 2 atom stereocenters. The Hall–Kier alpha value is -4.04. The van der Waals surface area contributed by atoms with E-state index in [0.717, 1.165) is 22.8 Å². The number of anilines is 1. The molecule has 1 aliphatic heterocycles. The standard InChI is InChI=1S/C25H22N6OS/c32-22(28-18-7-2-1-3-8-18)17-31-24(23(29-25(31)33)20-9-4-5-13-27-20)21-10-6-16-30(21)19-11-14-26-15-12-19/h1-16,23-24H,17H2,(H,28,32)(H,29,33). The van der Waals surface area contributed by atoms with E-state index in [1.807, 2.05) is 77.8 Å². The normalized spacial score (nSPS) is 17.6. The van der Waals surface area contributed by atoms with Crippen molar-refractivity contribution in [3.05, 3.63) is 109 Å². The topological polar surface area (TPSA) is 75.1 Å². The molecule has 0 spiro atoms. The number of para-hydroxylation sites is 1. The lowest BCUT2D eigenvalue weighted by atomic mass is 10.0. The number of amides is 1. The number of pyridine rings is 2. The number of benzene rings is 1. The van der Waals surface area contributed by atoms with Gasteiger partial charge in [-0.2, -0.15) is 0 Å². The van der Waals surface area contributed by atoms with E-state index in [1.54, 1.807) is 18.6 Å². The Morgan fingerprint density at radius 2 is 1.76 bits per heavy atom. The Morgan fingerprint density at radius 1 is 0.970 bits per heavy atom. The Morgan fingerprint density at radius 3 is 2.52 bits per heavy atom. The van der Waals surface area contributed by atoms with Crippen molar-refractivity contribution in [3.63, 3.8) is 0 Å². The number of carbonyl (C=O) groups excluding carboxylic acids is 1. The number of carbonyl (C=O) groups is 1. The predicted molar refractivity (Wildman–Crippen MR) is 131 cm³/mol. The van der Waals surface area contributed by atoms with Crippen LogP contribution in [0, 0.1) is 0 Å². The van der Waals surface area contributed by atoms with Gasteiger partial charge in [-0.3, -0.25) is 14.8 Å². The molecule has 8 heteroatoms. The number of hydrogen-bond acceptors (Lipinski definition) is 4. The van der Waals surface area contributed by atoms with Crippen molar-refractivity contribution in [2.24, 2.45) is 0 Å². The highest BCUT2D eigenvalue weighted by Gasteiger charge is 2.42. The summed E-state index contributed by atoms with van der Waals surface area (Å²) < 4.78 is 2.10. The van der Waals surface area contributed by atoms with Crippen molar-refractivity contribution >= 4 is 28.9 Å². The zero-order chi connectivity index (χ0) is 22.6. The number of aromatic nitrogens is 3. The first-order valence-electron chi connectivity index (χ1n) is 10.6. The smallest absolute Gasteiger partial charge is 0.244 e. The molecule has 5 rings (SSSR count). The summed E-state index contributed by atoms with van der Waals surface area (Å²) >= 11 is 5.70. The van der Waals surface area contributed by atoms with Gasteiger partial charge in [0.25, 0.3) is 0 Å². The zero-order valence-electron chi connectivity index (χ0n) is 17.7. The first-order chi connectivity index (χ1) is 16.2. The van der Waals surface area contributed by atoms with E-state index in [1.165, 1.54) is 0 Å². The second kappa shape index (κ2) is 9.22. The monoisotopic (exact) mass is 454 g/mol. The van der Waals surface area contributed by atoms with E-state index in [0.29, 0.717) is 5.11 Å². The van der Waals surface area contributed by atoms with Gasteiger partial charge in [-0.25, -0.2) is 0 Å². The average molecular weight is 455 g/mol. The molecule has 4 heterocycles. The van der Waals surface area contributed by atoms with Crippen molar-refractivity contribution in [1.29, 1.82) is 0 Å². The molecule has 2 unspecified atom stereocenters. The average Bonchev–Trinajstić information content (AvgIpc) is 3.45. The minimum atomic E-state index is -0.239. The van der Waals surface area contributed by atoms with Gasteiger partial charge in [-0.05, 0) is 60.7 Å². The van der Waals surface area contributed by atoms with Crippen LogP contribution in [0.4, 0.5) is 5.69 Å². The van der Waals surface area contributed by atoms with Crippen LogP contribution >= 0.6 is 12.2 Å². The number of hydrogen-bond donors (Lipinski definition) is 2. The zero-order valence-corrected chi connectivity index (χ0v) is 18.5. The van der Waals surface area contributed by atoms with Crippen LogP contribution in [-0.4, -0.2) is 37.0 Å². The summed E-state index contributed by atoms with van der Waals surface area (Å²) in [6.45, 7) is 0.107. The van der Waals surface area contributed by atoms with Crippen LogP contribution < -0.4 is 10.6 Å². The molecule has 33 heavy (non-hydrogen) atoms. The highest BCUT2D eigenvalue weighted by molar-refractivity contribution is 7.80. The third-order valence-corrected chi connectivity index (χ3v) is 5.95. The van der Waals surface area contributed by atoms with Gasteiger partial charge >= 0.3 is 0 Å². The Labute approximate surface area is 197 Å². The molecule has 4 aromatic rings. The van der Waals surface area contributed by atoms with E-state index in [9.17, 15) is 4.79 Å². The van der Waals surface area contributed by atoms with Crippen LogP contribution in [0.25, 0.3) is 5.69 Å². The van der Waals surface area contributed by atoms with Crippen LogP contribution in [0.3, 0.4) is 0 Å². The maximum absolute atomic E-state index is 13.0.